The van der Waals surface area contributed by atoms with Crippen LogP contribution in [0.1, 0.15) is 11.1 Å². The molecule has 2 rings (SSSR count). The second-order valence-electron chi connectivity index (χ2n) is 5.90. The maximum absolute atomic E-state index is 10.7. The normalized spacial score (nSPS) is 19.5. The molecular formula is C16H23ClN2O3. The van der Waals surface area contributed by atoms with Crippen molar-refractivity contribution in [2.75, 3.05) is 39.8 Å². The lowest BCUT2D eigenvalue weighted by Gasteiger charge is -2.34. The predicted octanol–water partition coefficient (Wildman–Crippen LogP) is 1.87. The number of halogens is 1. The Morgan fingerprint density at radius 3 is 3.00 bits per heavy atom. The SMILES string of the molecule is Cc1cc(CN2CCOC(CN(C)CC(=O)O)C2)ccc1Cl. The number of rotatable bonds is 6. The zero-order valence-corrected chi connectivity index (χ0v) is 13.8. The summed E-state index contributed by atoms with van der Waals surface area (Å²) in [7, 11) is 1.80. The fourth-order valence-electron chi connectivity index (χ4n) is 2.74. The minimum Gasteiger partial charge on any atom is -0.480 e. The van der Waals surface area contributed by atoms with Crippen LogP contribution in [0.15, 0.2) is 18.2 Å². The molecular weight excluding hydrogens is 304 g/mol. The van der Waals surface area contributed by atoms with Crippen molar-refractivity contribution in [1.82, 2.24) is 9.80 Å². The summed E-state index contributed by atoms with van der Waals surface area (Å²) in [5, 5.41) is 9.60. The molecule has 0 bridgehead atoms. The average molecular weight is 327 g/mol. The highest BCUT2D eigenvalue weighted by Crippen LogP contribution is 2.18. The third-order valence-electron chi connectivity index (χ3n) is 3.77. The summed E-state index contributed by atoms with van der Waals surface area (Å²) in [5.41, 5.74) is 2.33. The van der Waals surface area contributed by atoms with Gasteiger partial charge >= 0.3 is 5.97 Å². The Kier molecular flexibility index (Phi) is 6.20. The minimum absolute atomic E-state index is 0.0379. The van der Waals surface area contributed by atoms with Crippen molar-refractivity contribution >= 4 is 17.6 Å². The third kappa shape index (κ3) is 5.25. The van der Waals surface area contributed by atoms with E-state index in [0.29, 0.717) is 13.2 Å². The first-order valence-corrected chi connectivity index (χ1v) is 7.81. The summed E-state index contributed by atoms with van der Waals surface area (Å²) in [6.45, 7) is 5.92. The van der Waals surface area contributed by atoms with Crippen LogP contribution in [0.4, 0.5) is 0 Å². The van der Waals surface area contributed by atoms with Gasteiger partial charge in [-0.05, 0) is 31.2 Å². The van der Waals surface area contributed by atoms with Crippen molar-refractivity contribution in [2.24, 2.45) is 0 Å². The maximum atomic E-state index is 10.7. The fraction of sp³-hybridized carbons (Fsp3) is 0.562. The molecule has 1 aromatic rings. The zero-order valence-electron chi connectivity index (χ0n) is 13.1. The number of benzene rings is 1. The standard InChI is InChI=1S/C16H23ClN2O3/c1-12-7-13(3-4-15(12)17)8-19-5-6-22-14(10-19)9-18(2)11-16(20)21/h3-4,7,14H,5-6,8-11H2,1-2H3,(H,20,21). The van der Waals surface area contributed by atoms with Gasteiger partial charge in [0.25, 0.3) is 0 Å². The molecule has 22 heavy (non-hydrogen) atoms. The first-order chi connectivity index (χ1) is 10.4. The van der Waals surface area contributed by atoms with Crippen molar-refractivity contribution in [1.29, 1.82) is 0 Å². The molecule has 1 saturated heterocycles. The number of likely N-dealkylation sites (N-methyl/N-ethyl adjacent to an activating group) is 1. The smallest absolute Gasteiger partial charge is 0.317 e. The summed E-state index contributed by atoms with van der Waals surface area (Å²) >= 11 is 6.06. The molecule has 0 saturated carbocycles. The van der Waals surface area contributed by atoms with Crippen LogP contribution >= 0.6 is 11.6 Å². The molecule has 0 spiro atoms. The van der Waals surface area contributed by atoms with Crippen molar-refractivity contribution < 1.29 is 14.6 Å². The topological polar surface area (TPSA) is 53.0 Å². The highest BCUT2D eigenvalue weighted by Gasteiger charge is 2.22. The van der Waals surface area contributed by atoms with E-state index in [1.807, 2.05) is 13.0 Å². The van der Waals surface area contributed by atoms with E-state index >= 15 is 0 Å². The molecule has 1 N–H and O–H groups in total. The number of hydrogen-bond acceptors (Lipinski definition) is 4. The lowest BCUT2D eigenvalue weighted by molar-refractivity contribution is -0.138. The van der Waals surface area contributed by atoms with Gasteiger partial charge in [0, 0.05) is 31.2 Å². The number of carbonyl (C=O) groups is 1. The van der Waals surface area contributed by atoms with Crippen LogP contribution in [-0.2, 0) is 16.1 Å². The van der Waals surface area contributed by atoms with Crippen molar-refractivity contribution in [2.45, 2.75) is 19.6 Å². The maximum Gasteiger partial charge on any atom is 0.317 e. The van der Waals surface area contributed by atoms with E-state index in [0.717, 1.165) is 30.2 Å². The Morgan fingerprint density at radius 1 is 1.55 bits per heavy atom. The highest BCUT2D eigenvalue weighted by atomic mass is 35.5. The minimum atomic E-state index is -0.813. The van der Waals surface area contributed by atoms with E-state index in [4.69, 9.17) is 21.4 Å². The van der Waals surface area contributed by atoms with Gasteiger partial charge in [-0.3, -0.25) is 14.6 Å². The van der Waals surface area contributed by atoms with Crippen LogP contribution in [0.25, 0.3) is 0 Å². The molecule has 1 aliphatic rings. The Bertz CT molecular complexity index is 524. The molecule has 5 nitrogen and oxygen atoms in total. The Hall–Kier alpha value is -1.14. The van der Waals surface area contributed by atoms with Gasteiger partial charge in [0.1, 0.15) is 0 Å². The lowest BCUT2D eigenvalue weighted by atomic mass is 10.1. The molecule has 1 fully saturated rings. The van der Waals surface area contributed by atoms with Crippen molar-refractivity contribution in [3.8, 4) is 0 Å². The van der Waals surface area contributed by atoms with E-state index in [2.05, 4.69) is 17.0 Å². The van der Waals surface area contributed by atoms with E-state index in [1.165, 1.54) is 5.56 Å². The summed E-state index contributed by atoms with van der Waals surface area (Å²) in [6, 6.07) is 6.10. The highest BCUT2D eigenvalue weighted by molar-refractivity contribution is 6.31. The number of ether oxygens (including phenoxy) is 1. The molecule has 0 aliphatic carbocycles. The molecule has 0 amide bonds. The molecule has 1 aliphatic heterocycles. The van der Waals surface area contributed by atoms with Gasteiger partial charge in [-0.1, -0.05) is 23.7 Å². The van der Waals surface area contributed by atoms with E-state index in [9.17, 15) is 4.79 Å². The molecule has 1 unspecified atom stereocenters. The number of nitrogens with zero attached hydrogens (tertiary/aromatic N) is 2. The summed E-state index contributed by atoms with van der Waals surface area (Å²) in [4.78, 5) is 14.8. The van der Waals surface area contributed by atoms with Gasteiger partial charge in [-0.25, -0.2) is 0 Å². The average Bonchev–Trinajstić information content (AvgIpc) is 2.42. The number of carboxylic acids is 1. The number of carboxylic acid groups (broad SMARTS) is 1. The first kappa shape index (κ1) is 17.2. The van der Waals surface area contributed by atoms with E-state index in [-0.39, 0.29) is 12.6 Å². The monoisotopic (exact) mass is 326 g/mol. The van der Waals surface area contributed by atoms with Gasteiger partial charge in [0.05, 0.1) is 19.3 Å². The van der Waals surface area contributed by atoms with Crippen LogP contribution in [0, 0.1) is 6.92 Å². The molecule has 1 atom stereocenters. The molecule has 1 heterocycles. The van der Waals surface area contributed by atoms with Crippen LogP contribution in [0.5, 0.6) is 0 Å². The van der Waals surface area contributed by atoms with Gasteiger partial charge in [-0.2, -0.15) is 0 Å². The van der Waals surface area contributed by atoms with Gasteiger partial charge in [0.15, 0.2) is 0 Å². The van der Waals surface area contributed by atoms with Crippen LogP contribution in [0.3, 0.4) is 0 Å². The third-order valence-corrected chi connectivity index (χ3v) is 4.20. The Balaban J connectivity index is 1.87. The Morgan fingerprint density at radius 2 is 2.32 bits per heavy atom. The molecule has 0 aromatic heterocycles. The summed E-state index contributed by atoms with van der Waals surface area (Å²) in [5.74, 6) is -0.813. The predicted molar refractivity (Wildman–Crippen MR) is 86.3 cm³/mol. The Labute approximate surface area is 136 Å². The fourth-order valence-corrected chi connectivity index (χ4v) is 2.86. The first-order valence-electron chi connectivity index (χ1n) is 7.43. The molecule has 122 valence electrons. The lowest BCUT2D eigenvalue weighted by Crippen LogP contribution is -2.47. The van der Waals surface area contributed by atoms with Crippen molar-refractivity contribution in [3.63, 3.8) is 0 Å². The van der Waals surface area contributed by atoms with Crippen LogP contribution < -0.4 is 0 Å². The van der Waals surface area contributed by atoms with Crippen LogP contribution in [0.2, 0.25) is 5.02 Å². The second kappa shape index (κ2) is 7.92. The number of aryl methyl sites for hydroxylation is 1. The molecule has 6 heteroatoms. The number of morpholine rings is 1. The van der Waals surface area contributed by atoms with E-state index in [1.54, 1.807) is 11.9 Å². The number of aliphatic carboxylic acids is 1. The van der Waals surface area contributed by atoms with Gasteiger partial charge in [-0.15, -0.1) is 0 Å². The summed E-state index contributed by atoms with van der Waals surface area (Å²) in [6.07, 6.45) is 0.0477. The largest absolute Gasteiger partial charge is 0.480 e. The second-order valence-corrected chi connectivity index (χ2v) is 6.31. The van der Waals surface area contributed by atoms with Gasteiger partial charge in [0.2, 0.25) is 0 Å². The quantitative estimate of drug-likeness (QED) is 0.865. The molecule has 0 radical (unpaired) electrons. The zero-order chi connectivity index (χ0) is 16.1. The number of hydrogen-bond donors (Lipinski definition) is 1. The van der Waals surface area contributed by atoms with Crippen LogP contribution in [-0.4, -0.2) is 66.8 Å². The summed E-state index contributed by atoms with van der Waals surface area (Å²) < 4.78 is 5.74. The van der Waals surface area contributed by atoms with Crippen molar-refractivity contribution in [3.05, 3.63) is 34.3 Å². The van der Waals surface area contributed by atoms with Gasteiger partial charge < -0.3 is 9.84 Å². The van der Waals surface area contributed by atoms with E-state index < -0.39 is 5.97 Å². The molecule has 1 aromatic carbocycles.